The standard InChI is InChI=1S/C28H30F3NO4/c1-35-24-14-18(17-32-13-5-7-20(32)16-28(29,30)31)15-25(36-2)27(24)23-10-4-8-21-19(11-12-26(33)34)6-3-9-22(21)23/h3-4,6,8-10,14-15,20H,5,7,11-13,16-17H2,1-2H3,(H,33,34). The number of methoxy groups -OCH3 is 2. The number of benzene rings is 3. The summed E-state index contributed by atoms with van der Waals surface area (Å²) in [6.07, 6.45) is -3.27. The van der Waals surface area contributed by atoms with E-state index in [-0.39, 0.29) is 6.42 Å². The van der Waals surface area contributed by atoms with Crippen molar-refractivity contribution in [3.8, 4) is 22.6 Å². The Morgan fingerprint density at radius 2 is 1.72 bits per heavy atom. The van der Waals surface area contributed by atoms with Crippen LogP contribution in [0.4, 0.5) is 13.2 Å². The Labute approximate surface area is 208 Å². The van der Waals surface area contributed by atoms with Crippen LogP contribution in [-0.2, 0) is 17.8 Å². The van der Waals surface area contributed by atoms with Crippen molar-refractivity contribution in [3.63, 3.8) is 0 Å². The van der Waals surface area contributed by atoms with Gasteiger partial charge in [-0.1, -0.05) is 36.4 Å². The first-order valence-electron chi connectivity index (χ1n) is 12.0. The first-order valence-corrected chi connectivity index (χ1v) is 12.0. The second-order valence-corrected chi connectivity index (χ2v) is 9.17. The Morgan fingerprint density at radius 1 is 1.06 bits per heavy atom. The molecule has 1 aliphatic rings. The number of likely N-dealkylation sites (tertiary alicyclic amines) is 1. The van der Waals surface area contributed by atoms with E-state index in [2.05, 4.69) is 0 Å². The third-order valence-electron chi connectivity index (χ3n) is 6.81. The van der Waals surface area contributed by atoms with E-state index in [1.807, 2.05) is 53.4 Å². The van der Waals surface area contributed by atoms with Gasteiger partial charge in [0.15, 0.2) is 0 Å². The Kier molecular flexibility index (Phi) is 7.73. The van der Waals surface area contributed by atoms with E-state index in [1.165, 1.54) is 0 Å². The molecule has 1 saturated heterocycles. The Hall–Kier alpha value is -3.26. The minimum absolute atomic E-state index is 0.0382. The van der Waals surface area contributed by atoms with Gasteiger partial charge in [0.05, 0.1) is 26.2 Å². The Bertz CT molecular complexity index is 1220. The monoisotopic (exact) mass is 501 g/mol. The third kappa shape index (κ3) is 5.75. The SMILES string of the molecule is COc1cc(CN2CCCC2CC(F)(F)F)cc(OC)c1-c1cccc2c(CCC(=O)O)cccc12. The van der Waals surface area contributed by atoms with Gasteiger partial charge in [0.2, 0.25) is 0 Å². The van der Waals surface area contributed by atoms with Crippen LogP contribution in [0.25, 0.3) is 21.9 Å². The van der Waals surface area contributed by atoms with Gasteiger partial charge in [0, 0.05) is 19.0 Å². The molecule has 1 aliphatic heterocycles. The molecule has 36 heavy (non-hydrogen) atoms. The molecule has 192 valence electrons. The summed E-state index contributed by atoms with van der Waals surface area (Å²) >= 11 is 0. The maximum atomic E-state index is 13.0. The number of carbonyl (C=O) groups is 1. The Morgan fingerprint density at radius 3 is 2.36 bits per heavy atom. The molecular weight excluding hydrogens is 471 g/mol. The van der Waals surface area contributed by atoms with Gasteiger partial charge in [-0.15, -0.1) is 0 Å². The van der Waals surface area contributed by atoms with Gasteiger partial charge in [0.1, 0.15) is 11.5 Å². The number of ether oxygens (including phenoxy) is 2. The number of alkyl halides is 3. The van der Waals surface area contributed by atoms with E-state index in [4.69, 9.17) is 14.6 Å². The summed E-state index contributed by atoms with van der Waals surface area (Å²) in [5.74, 6) is 0.288. The highest BCUT2D eigenvalue weighted by Crippen LogP contribution is 2.43. The number of aliphatic carboxylic acids is 1. The van der Waals surface area contributed by atoms with Crippen LogP contribution in [0.15, 0.2) is 48.5 Å². The van der Waals surface area contributed by atoms with Crippen molar-refractivity contribution in [2.24, 2.45) is 0 Å². The summed E-state index contributed by atoms with van der Waals surface area (Å²) < 4.78 is 50.7. The number of halogens is 3. The summed E-state index contributed by atoms with van der Waals surface area (Å²) in [6.45, 7) is 0.998. The minimum Gasteiger partial charge on any atom is -0.496 e. The lowest BCUT2D eigenvalue weighted by molar-refractivity contribution is -0.145. The van der Waals surface area contributed by atoms with E-state index in [0.29, 0.717) is 37.4 Å². The summed E-state index contributed by atoms with van der Waals surface area (Å²) in [6, 6.07) is 14.9. The highest BCUT2D eigenvalue weighted by molar-refractivity contribution is 6.01. The Balaban J connectivity index is 1.73. The molecule has 4 rings (SSSR count). The van der Waals surface area contributed by atoms with Gasteiger partial charge in [0.25, 0.3) is 0 Å². The van der Waals surface area contributed by atoms with Gasteiger partial charge in [-0.3, -0.25) is 9.69 Å². The molecule has 8 heteroatoms. The maximum Gasteiger partial charge on any atom is 0.390 e. The third-order valence-corrected chi connectivity index (χ3v) is 6.81. The van der Waals surface area contributed by atoms with Crippen molar-refractivity contribution >= 4 is 16.7 Å². The van der Waals surface area contributed by atoms with E-state index in [0.717, 1.165) is 39.4 Å². The largest absolute Gasteiger partial charge is 0.496 e. The summed E-state index contributed by atoms with van der Waals surface area (Å²) in [7, 11) is 3.13. The fourth-order valence-corrected chi connectivity index (χ4v) is 5.21. The average Bonchev–Trinajstić information content (AvgIpc) is 3.26. The zero-order valence-electron chi connectivity index (χ0n) is 20.4. The predicted octanol–water partition coefficient (Wildman–Crippen LogP) is 6.46. The van der Waals surface area contributed by atoms with Crippen LogP contribution in [-0.4, -0.2) is 49.0 Å². The zero-order valence-corrected chi connectivity index (χ0v) is 20.4. The number of aryl methyl sites for hydroxylation is 1. The lowest BCUT2D eigenvalue weighted by atomic mass is 9.92. The highest BCUT2D eigenvalue weighted by atomic mass is 19.4. The lowest BCUT2D eigenvalue weighted by Crippen LogP contribution is -2.33. The lowest BCUT2D eigenvalue weighted by Gasteiger charge is -2.26. The average molecular weight is 502 g/mol. The summed E-state index contributed by atoms with van der Waals surface area (Å²) in [5.41, 5.74) is 3.39. The number of hydrogen-bond acceptors (Lipinski definition) is 4. The van der Waals surface area contributed by atoms with Gasteiger partial charge in [-0.25, -0.2) is 0 Å². The first kappa shape index (κ1) is 25.8. The van der Waals surface area contributed by atoms with Gasteiger partial charge in [-0.05, 0) is 65.4 Å². The molecule has 0 radical (unpaired) electrons. The predicted molar refractivity (Wildman–Crippen MR) is 133 cm³/mol. The molecule has 3 aromatic carbocycles. The molecule has 0 aromatic heterocycles. The normalized spacial score (nSPS) is 16.4. The molecule has 1 atom stereocenters. The molecule has 3 aromatic rings. The van der Waals surface area contributed by atoms with E-state index in [9.17, 15) is 18.0 Å². The molecule has 1 unspecified atom stereocenters. The molecule has 5 nitrogen and oxygen atoms in total. The van der Waals surface area contributed by atoms with Crippen molar-refractivity contribution in [3.05, 3.63) is 59.7 Å². The highest BCUT2D eigenvalue weighted by Gasteiger charge is 2.37. The van der Waals surface area contributed by atoms with E-state index in [1.54, 1.807) is 14.2 Å². The fourth-order valence-electron chi connectivity index (χ4n) is 5.21. The topological polar surface area (TPSA) is 59.0 Å². The zero-order chi connectivity index (χ0) is 25.9. The van der Waals surface area contributed by atoms with Gasteiger partial charge in [-0.2, -0.15) is 13.2 Å². The van der Waals surface area contributed by atoms with Crippen LogP contribution >= 0.6 is 0 Å². The molecule has 0 spiro atoms. The molecule has 0 saturated carbocycles. The van der Waals surface area contributed by atoms with Crippen LogP contribution in [0, 0.1) is 0 Å². The summed E-state index contributed by atoms with van der Waals surface area (Å²) in [4.78, 5) is 13.0. The number of hydrogen-bond donors (Lipinski definition) is 1. The molecule has 1 heterocycles. The molecular formula is C28H30F3NO4. The van der Waals surface area contributed by atoms with Crippen molar-refractivity contribution in [2.75, 3.05) is 20.8 Å². The number of nitrogens with zero attached hydrogens (tertiary/aromatic N) is 1. The van der Waals surface area contributed by atoms with Crippen molar-refractivity contribution in [1.29, 1.82) is 0 Å². The van der Waals surface area contributed by atoms with E-state index >= 15 is 0 Å². The molecule has 1 N–H and O–H groups in total. The van der Waals surface area contributed by atoms with Crippen LogP contribution in [0.1, 0.15) is 36.8 Å². The van der Waals surface area contributed by atoms with Crippen molar-refractivity contribution in [1.82, 2.24) is 4.90 Å². The minimum atomic E-state index is -4.19. The smallest absolute Gasteiger partial charge is 0.390 e. The molecule has 0 amide bonds. The van der Waals surface area contributed by atoms with E-state index < -0.39 is 24.6 Å². The van der Waals surface area contributed by atoms with Gasteiger partial charge < -0.3 is 14.6 Å². The number of rotatable bonds is 9. The second kappa shape index (κ2) is 10.8. The molecule has 0 aliphatic carbocycles. The molecule has 0 bridgehead atoms. The van der Waals surface area contributed by atoms with Gasteiger partial charge >= 0.3 is 12.1 Å². The van der Waals surface area contributed by atoms with Crippen molar-refractivity contribution < 1.29 is 32.5 Å². The van der Waals surface area contributed by atoms with Crippen LogP contribution in [0.5, 0.6) is 11.5 Å². The van der Waals surface area contributed by atoms with Crippen LogP contribution in [0.2, 0.25) is 0 Å². The number of carboxylic acids is 1. The number of fused-ring (bicyclic) bond motifs is 1. The second-order valence-electron chi connectivity index (χ2n) is 9.17. The summed E-state index contributed by atoms with van der Waals surface area (Å²) in [5, 5.41) is 11.0. The fraction of sp³-hybridized carbons (Fsp3) is 0.393. The van der Waals surface area contributed by atoms with Crippen LogP contribution in [0.3, 0.4) is 0 Å². The maximum absolute atomic E-state index is 13.0. The van der Waals surface area contributed by atoms with Crippen molar-refractivity contribution in [2.45, 2.75) is 50.9 Å². The quantitative estimate of drug-likeness (QED) is 0.365. The molecule has 1 fully saturated rings. The van der Waals surface area contributed by atoms with Crippen LogP contribution < -0.4 is 9.47 Å². The first-order chi connectivity index (χ1) is 17.2. The number of carboxylic acid groups (broad SMARTS) is 1.